The Morgan fingerprint density at radius 2 is 1.88 bits per heavy atom. The van der Waals surface area contributed by atoms with Crippen LogP contribution in [0.5, 0.6) is 0 Å². The fourth-order valence-corrected chi connectivity index (χ4v) is 2.39. The van der Waals surface area contributed by atoms with Crippen LogP contribution in [-0.4, -0.2) is 41.6 Å². The van der Waals surface area contributed by atoms with Crippen LogP contribution in [0, 0.1) is 0 Å². The zero-order chi connectivity index (χ0) is 12.7. The van der Waals surface area contributed by atoms with Crippen LogP contribution in [0.3, 0.4) is 0 Å². The molecule has 0 spiro atoms. The molecule has 1 rings (SSSR count). The SMILES string of the molecule is CCN(CC)C(=O)CNC(=S)NC1CCCC1. The lowest BCUT2D eigenvalue weighted by Gasteiger charge is -2.20. The molecule has 0 bridgehead atoms. The van der Waals surface area contributed by atoms with Crippen molar-refractivity contribution in [1.29, 1.82) is 0 Å². The van der Waals surface area contributed by atoms with Gasteiger partial charge in [0, 0.05) is 19.1 Å². The first kappa shape index (κ1) is 14.2. The molecule has 2 N–H and O–H groups in total. The normalized spacial score (nSPS) is 15.6. The minimum Gasteiger partial charge on any atom is -0.360 e. The number of nitrogens with zero attached hydrogens (tertiary/aromatic N) is 1. The molecule has 0 unspecified atom stereocenters. The van der Waals surface area contributed by atoms with Crippen molar-refractivity contribution < 1.29 is 4.79 Å². The van der Waals surface area contributed by atoms with E-state index in [1.165, 1.54) is 25.7 Å². The Balaban J connectivity index is 2.20. The molecule has 0 aromatic carbocycles. The predicted molar refractivity (Wildman–Crippen MR) is 73.9 cm³/mol. The van der Waals surface area contributed by atoms with Gasteiger partial charge in [-0.05, 0) is 38.9 Å². The van der Waals surface area contributed by atoms with Crippen LogP contribution < -0.4 is 10.6 Å². The average molecular weight is 257 g/mol. The highest BCUT2D eigenvalue weighted by Gasteiger charge is 2.16. The Kier molecular flexibility index (Phi) is 6.26. The topological polar surface area (TPSA) is 44.4 Å². The van der Waals surface area contributed by atoms with E-state index in [1.807, 2.05) is 13.8 Å². The highest BCUT2D eigenvalue weighted by Crippen LogP contribution is 2.17. The molecular weight excluding hydrogens is 234 g/mol. The Morgan fingerprint density at radius 3 is 2.41 bits per heavy atom. The maximum atomic E-state index is 11.7. The largest absolute Gasteiger partial charge is 0.360 e. The molecule has 0 aliphatic heterocycles. The van der Waals surface area contributed by atoms with Gasteiger partial charge in [0.25, 0.3) is 0 Å². The molecule has 4 nitrogen and oxygen atoms in total. The molecule has 1 aliphatic rings. The van der Waals surface area contributed by atoms with Crippen LogP contribution in [-0.2, 0) is 4.79 Å². The molecule has 0 aromatic rings. The second kappa shape index (κ2) is 7.48. The fourth-order valence-electron chi connectivity index (χ4n) is 2.15. The Labute approximate surface area is 109 Å². The quantitative estimate of drug-likeness (QED) is 0.728. The summed E-state index contributed by atoms with van der Waals surface area (Å²) in [6, 6.07) is 0.499. The van der Waals surface area contributed by atoms with Gasteiger partial charge in [-0.3, -0.25) is 4.79 Å². The summed E-state index contributed by atoms with van der Waals surface area (Å²) >= 11 is 5.18. The monoisotopic (exact) mass is 257 g/mol. The molecule has 1 fully saturated rings. The zero-order valence-electron chi connectivity index (χ0n) is 10.8. The molecular formula is C12H23N3OS. The van der Waals surface area contributed by atoms with E-state index in [2.05, 4.69) is 10.6 Å². The molecule has 1 aliphatic carbocycles. The molecule has 5 heteroatoms. The first-order valence-electron chi connectivity index (χ1n) is 6.49. The number of carbonyl (C=O) groups is 1. The Morgan fingerprint density at radius 1 is 1.29 bits per heavy atom. The molecule has 0 atom stereocenters. The summed E-state index contributed by atoms with van der Waals surface area (Å²) < 4.78 is 0. The Hall–Kier alpha value is -0.840. The van der Waals surface area contributed by atoms with Crippen LogP contribution in [0.1, 0.15) is 39.5 Å². The second-order valence-corrected chi connectivity index (χ2v) is 4.78. The van der Waals surface area contributed by atoms with Gasteiger partial charge < -0.3 is 15.5 Å². The third-order valence-corrected chi connectivity index (χ3v) is 3.47. The third-order valence-electron chi connectivity index (χ3n) is 3.21. The first-order valence-corrected chi connectivity index (χ1v) is 6.90. The van der Waals surface area contributed by atoms with Crippen molar-refractivity contribution >= 4 is 23.2 Å². The van der Waals surface area contributed by atoms with E-state index >= 15 is 0 Å². The summed E-state index contributed by atoms with van der Waals surface area (Å²) in [5.41, 5.74) is 0. The van der Waals surface area contributed by atoms with Crippen LogP contribution in [0.25, 0.3) is 0 Å². The van der Waals surface area contributed by atoms with Crippen molar-refractivity contribution in [2.45, 2.75) is 45.6 Å². The van der Waals surface area contributed by atoms with Crippen LogP contribution in [0.15, 0.2) is 0 Å². The number of likely N-dealkylation sites (N-methyl/N-ethyl adjacent to an activating group) is 1. The van der Waals surface area contributed by atoms with Gasteiger partial charge in [0.05, 0.1) is 6.54 Å². The van der Waals surface area contributed by atoms with Crippen LogP contribution >= 0.6 is 12.2 Å². The molecule has 0 heterocycles. The Bertz CT molecular complexity index is 260. The van der Waals surface area contributed by atoms with Crippen LogP contribution in [0.2, 0.25) is 0 Å². The summed E-state index contributed by atoms with van der Waals surface area (Å²) in [6.45, 7) is 5.76. The summed E-state index contributed by atoms with van der Waals surface area (Å²) in [5, 5.41) is 6.86. The van der Waals surface area contributed by atoms with Crippen LogP contribution in [0.4, 0.5) is 0 Å². The summed E-state index contributed by atoms with van der Waals surface area (Å²) in [4.78, 5) is 13.5. The second-order valence-electron chi connectivity index (χ2n) is 4.37. The van der Waals surface area contributed by atoms with E-state index in [1.54, 1.807) is 4.90 Å². The molecule has 0 saturated heterocycles. The van der Waals surface area contributed by atoms with Gasteiger partial charge >= 0.3 is 0 Å². The maximum Gasteiger partial charge on any atom is 0.241 e. The van der Waals surface area contributed by atoms with E-state index in [-0.39, 0.29) is 5.91 Å². The fraction of sp³-hybridized carbons (Fsp3) is 0.833. The lowest BCUT2D eigenvalue weighted by atomic mass is 10.3. The van der Waals surface area contributed by atoms with Crippen molar-refractivity contribution in [3.63, 3.8) is 0 Å². The van der Waals surface area contributed by atoms with Crippen molar-refractivity contribution in [3.05, 3.63) is 0 Å². The lowest BCUT2D eigenvalue weighted by molar-refractivity contribution is -0.129. The van der Waals surface area contributed by atoms with E-state index in [0.29, 0.717) is 17.7 Å². The molecule has 0 aromatic heterocycles. The van der Waals surface area contributed by atoms with Gasteiger partial charge in [0.15, 0.2) is 5.11 Å². The number of hydrogen-bond donors (Lipinski definition) is 2. The highest BCUT2D eigenvalue weighted by atomic mass is 32.1. The summed E-state index contributed by atoms with van der Waals surface area (Å²) in [6.07, 6.45) is 4.93. The molecule has 17 heavy (non-hydrogen) atoms. The van der Waals surface area contributed by atoms with Gasteiger partial charge in [-0.1, -0.05) is 12.8 Å². The highest BCUT2D eigenvalue weighted by molar-refractivity contribution is 7.80. The zero-order valence-corrected chi connectivity index (χ0v) is 11.6. The number of carbonyl (C=O) groups excluding carboxylic acids is 1. The average Bonchev–Trinajstić information content (AvgIpc) is 2.81. The third kappa shape index (κ3) is 4.89. The van der Waals surface area contributed by atoms with Gasteiger partial charge in [-0.15, -0.1) is 0 Å². The number of thiocarbonyl (C=S) groups is 1. The number of hydrogen-bond acceptors (Lipinski definition) is 2. The number of nitrogens with one attached hydrogen (secondary N) is 2. The molecule has 1 amide bonds. The van der Waals surface area contributed by atoms with Gasteiger partial charge in [0.1, 0.15) is 0 Å². The molecule has 1 saturated carbocycles. The smallest absolute Gasteiger partial charge is 0.241 e. The van der Waals surface area contributed by atoms with E-state index in [4.69, 9.17) is 12.2 Å². The number of amides is 1. The number of rotatable bonds is 5. The van der Waals surface area contributed by atoms with Crippen molar-refractivity contribution in [1.82, 2.24) is 15.5 Å². The van der Waals surface area contributed by atoms with Gasteiger partial charge in [-0.2, -0.15) is 0 Å². The first-order chi connectivity index (χ1) is 8.17. The lowest BCUT2D eigenvalue weighted by Crippen LogP contribution is -2.45. The van der Waals surface area contributed by atoms with Gasteiger partial charge in [-0.25, -0.2) is 0 Å². The maximum absolute atomic E-state index is 11.7. The predicted octanol–water partition coefficient (Wildman–Crippen LogP) is 1.26. The van der Waals surface area contributed by atoms with E-state index < -0.39 is 0 Å². The van der Waals surface area contributed by atoms with Crippen molar-refractivity contribution in [3.8, 4) is 0 Å². The van der Waals surface area contributed by atoms with E-state index in [9.17, 15) is 4.79 Å². The minimum atomic E-state index is 0.102. The van der Waals surface area contributed by atoms with Crippen molar-refractivity contribution in [2.24, 2.45) is 0 Å². The minimum absolute atomic E-state index is 0.102. The van der Waals surface area contributed by atoms with Crippen molar-refractivity contribution in [2.75, 3.05) is 19.6 Å². The van der Waals surface area contributed by atoms with Gasteiger partial charge in [0.2, 0.25) is 5.91 Å². The molecule has 0 radical (unpaired) electrons. The van der Waals surface area contributed by atoms with E-state index in [0.717, 1.165) is 13.1 Å². The standard InChI is InChI=1S/C12H23N3OS/c1-3-15(4-2)11(16)9-13-12(17)14-10-7-5-6-8-10/h10H,3-9H2,1-2H3,(H2,13,14,17). The summed E-state index contributed by atoms with van der Waals surface area (Å²) in [7, 11) is 0. The molecule has 98 valence electrons. The summed E-state index contributed by atoms with van der Waals surface area (Å²) in [5.74, 6) is 0.102.